The van der Waals surface area contributed by atoms with E-state index in [2.05, 4.69) is 17.0 Å². The van der Waals surface area contributed by atoms with Crippen LogP contribution in [0.15, 0.2) is 23.1 Å². The first-order chi connectivity index (χ1) is 9.53. The Balaban J connectivity index is 2.14. The minimum Gasteiger partial charge on any atom is -0.313 e. The van der Waals surface area contributed by atoms with E-state index >= 15 is 0 Å². The van der Waals surface area contributed by atoms with Gasteiger partial charge in [0.1, 0.15) is 4.90 Å². The van der Waals surface area contributed by atoms with Gasteiger partial charge >= 0.3 is 0 Å². The molecule has 2 rings (SSSR count). The van der Waals surface area contributed by atoms with Crippen molar-refractivity contribution in [3.63, 3.8) is 0 Å². The molecule has 0 amide bonds. The quantitative estimate of drug-likeness (QED) is 0.760. The average Bonchev–Trinajstić information content (AvgIpc) is 2.36. The van der Waals surface area contributed by atoms with Gasteiger partial charge in [0.25, 0.3) is 0 Å². The van der Waals surface area contributed by atoms with Crippen LogP contribution in [0.4, 0.5) is 0 Å². The predicted octanol–water partition coefficient (Wildman–Crippen LogP) is 2.67. The molecule has 1 fully saturated rings. The Morgan fingerprint density at radius 3 is 2.70 bits per heavy atom. The van der Waals surface area contributed by atoms with Crippen molar-refractivity contribution in [1.82, 2.24) is 10.0 Å². The maximum Gasteiger partial charge on any atom is 0.242 e. The Morgan fingerprint density at radius 2 is 2.10 bits per heavy atom. The lowest BCUT2D eigenvalue weighted by Crippen LogP contribution is -2.39. The molecule has 1 aromatic rings. The van der Waals surface area contributed by atoms with Gasteiger partial charge in [-0.3, -0.25) is 0 Å². The molecule has 0 unspecified atom stereocenters. The fourth-order valence-corrected chi connectivity index (χ4v) is 3.94. The molecule has 2 N–H and O–H groups in total. The van der Waals surface area contributed by atoms with E-state index in [-0.39, 0.29) is 16.0 Å². The Morgan fingerprint density at radius 1 is 1.35 bits per heavy atom. The van der Waals surface area contributed by atoms with Gasteiger partial charge in [-0.25, -0.2) is 13.1 Å². The third kappa shape index (κ3) is 3.95. The first-order valence-electron chi connectivity index (χ1n) is 7.04. The van der Waals surface area contributed by atoms with Crippen LogP contribution in [0, 0.1) is 0 Å². The van der Waals surface area contributed by atoms with E-state index < -0.39 is 10.0 Å². The van der Waals surface area contributed by atoms with Crippen molar-refractivity contribution < 1.29 is 8.42 Å². The Bertz CT molecular complexity index is 556. The minimum absolute atomic E-state index is 0.0675. The van der Waals surface area contributed by atoms with Crippen molar-refractivity contribution in [3.8, 4) is 0 Å². The smallest absolute Gasteiger partial charge is 0.242 e. The van der Waals surface area contributed by atoms with Crippen LogP contribution in [0.5, 0.6) is 0 Å². The number of halogens is 1. The van der Waals surface area contributed by atoms with Crippen LogP contribution in [0.1, 0.15) is 38.2 Å². The van der Waals surface area contributed by atoms with Gasteiger partial charge in [-0.2, -0.15) is 0 Å². The number of benzene rings is 1. The van der Waals surface area contributed by atoms with Crippen molar-refractivity contribution >= 4 is 21.6 Å². The highest BCUT2D eigenvalue weighted by Crippen LogP contribution is 2.26. The molecule has 0 spiro atoms. The predicted molar refractivity (Wildman–Crippen MR) is 81.4 cm³/mol. The fraction of sp³-hybridized carbons (Fsp3) is 0.571. The number of rotatable bonds is 7. The second kappa shape index (κ2) is 6.89. The SMILES string of the molecule is CCCNCc1ccc(Cl)c(S(=O)(=O)NC2CCC2)c1. The molecule has 4 nitrogen and oxygen atoms in total. The van der Waals surface area contributed by atoms with Crippen LogP contribution < -0.4 is 10.0 Å². The molecule has 0 radical (unpaired) electrons. The molecular weight excluding hydrogens is 296 g/mol. The first kappa shape index (κ1) is 15.8. The third-order valence-corrected chi connectivity index (χ3v) is 5.47. The van der Waals surface area contributed by atoms with Crippen molar-refractivity contribution in [1.29, 1.82) is 0 Å². The Hall–Kier alpha value is -0.620. The number of sulfonamides is 1. The standard InChI is InChI=1S/C14H21ClN2O2S/c1-2-8-16-10-11-6-7-13(15)14(9-11)20(18,19)17-12-4-3-5-12/h6-7,9,12,16-17H,2-5,8,10H2,1H3. The summed E-state index contributed by atoms with van der Waals surface area (Å²) in [6.45, 7) is 3.65. The van der Waals surface area contributed by atoms with Crippen LogP contribution in [0.2, 0.25) is 5.02 Å². The molecule has 1 aromatic carbocycles. The fourth-order valence-electron chi connectivity index (χ4n) is 2.08. The molecule has 1 saturated carbocycles. The molecule has 0 aromatic heterocycles. The molecule has 20 heavy (non-hydrogen) atoms. The van der Waals surface area contributed by atoms with E-state index in [0.29, 0.717) is 6.54 Å². The summed E-state index contributed by atoms with van der Waals surface area (Å²) in [5.74, 6) is 0. The molecule has 1 aliphatic carbocycles. The monoisotopic (exact) mass is 316 g/mol. The van der Waals surface area contributed by atoms with E-state index in [0.717, 1.165) is 37.8 Å². The maximum absolute atomic E-state index is 12.3. The van der Waals surface area contributed by atoms with E-state index in [1.54, 1.807) is 12.1 Å². The summed E-state index contributed by atoms with van der Waals surface area (Å²) in [6.07, 6.45) is 3.95. The zero-order chi connectivity index (χ0) is 14.6. The second-order valence-electron chi connectivity index (χ2n) is 5.19. The van der Waals surface area contributed by atoms with Crippen LogP contribution >= 0.6 is 11.6 Å². The topological polar surface area (TPSA) is 58.2 Å². The normalized spacial score (nSPS) is 16.1. The first-order valence-corrected chi connectivity index (χ1v) is 8.90. The molecule has 0 bridgehead atoms. The number of nitrogens with one attached hydrogen (secondary N) is 2. The highest BCUT2D eigenvalue weighted by atomic mass is 35.5. The highest BCUT2D eigenvalue weighted by molar-refractivity contribution is 7.89. The zero-order valence-electron chi connectivity index (χ0n) is 11.7. The summed E-state index contributed by atoms with van der Waals surface area (Å²) in [5, 5.41) is 3.53. The van der Waals surface area contributed by atoms with Gasteiger partial charge in [-0.1, -0.05) is 31.0 Å². The second-order valence-corrected chi connectivity index (χ2v) is 7.28. The van der Waals surface area contributed by atoms with Crippen molar-refractivity contribution in [3.05, 3.63) is 28.8 Å². The van der Waals surface area contributed by atoms with Gasteiger partial charge < -0.3 is 5.32 Å². The van der Waals surface area contributed by atoms with E-state index in [4.69, 9.17) is 11.6 Å². The molecular formula is C14H21ClN2O2S. The zero-order valence-corrected chi connectivity index (χ0v) is 13.2. The van der Waals surface area contributed by atoms with Gasteiger partial charge in [0.15, 0.2) is 0 Å². The van der Waals surface area contributed by atoms with Gasteiger partial charge in [0.2, 0.25) is 10.0 Å². The highest BCUT2D eigenvalue weighted by Gasteiger charge is 2.26. The van der Waals surface area contributed by atoms with Gasteiger partial charge in [-0.15, -0.1) is 0 Å². The summed E-state index contributed by atoms with van der Waals surface area (Å²) >= 11 is 6.05. The summed E-state index contributed by atoms with van der Waals surface area (Å²) in [6, 6.07) is 5.23. The van der Waals surface area contributed by atoms with E-state index in [9.17, 15) is 8.42 Å². The van der Waals surface area contributed by atoms with Gasteiger partial charge in [0.05, 0.1) is 5.02 Å². The largest absolute Gasteiger partial charge is 0.313 e. The molecule has 112 valence electrons. The van der Waals surface area contributed by atoms with Crippen LogP contribution in [0.25, 0.3) is 0 Å². The molecule has 1 aliphatic rings. The van der Waals surface area contributed by atoms with Crippen LogP contribution in [0.3, 0.4) is 0 Å². The van der Waals surface area contributed by atoms with E-state index in [1.807, 2.05) is 6.07 Å². The summed E-state index contributed by atoms with van der Waals surface area (Å²) < 4.78 is 27.4. The summed E-state index contributed by atoms with van der Waals surface area (Å²) in [4.78, 5) is 0.182. The van der Waals surface area contributed by atoms with E-state index in [1.165, 1.54) is 0 Å². The lowest BCUT2D eigenvalue weighted by Gasteiger charge is -2.26. The van der Waals surface area contributed by atoms with Crippen LogP contribution in [-0.4, -0.2) is 21.0 Å². The number of hydrogen-bond donors (Lipinski definition) is 2. The van der Waals surface area contributed by atoms with Gasteiger partial charge in [-0.05, 0) is 43.5 Å². The Labute approximate surface area is 126 Å². The van der Waals surface area contributed by atoms with Gasteiger partial charge in [0, 0.05) is 12.6 Å². The molecule has 0 atom stereocenters. The summed E-state index contributed by atoms with van der Waals surface area (Å²) in [7, 11) is -3.51. The Kier molecular flexibility index (Phi) is 5.43. The number of hydrogen-bond acceptors (Lipinski definition) is 3. The molecule has 6 heteroatoms. The van der Waals surface area contributed by atoms with Crippen molar-refractivity contribution in [2.24, 2.45) is 0 Å². The van der Waals surface area contributed by atoms with Crippen molar-refractivity contribution in [2.45, 2.75) is 50.1 Å². The maximum atomic E-state index is 12.3. The summed E-state index contributed by atoms with van der Waals surface area (Å²) in [5.41, 5.74) is 0.928. The average molecular weight is 317 g/mol. The lowest BCUT2D eigenvalue weighted by atomic mass is 9.94. The lowest BCUT2D eigenvalue weighted by molar-refractivity contribution is 0.383. The molecule has 0 aliphatic heterocycles. The third-order valence-electron chi connectivity index (χ3n) is 3.47. The molecule has 0 saturated heterocycles. The molecule has 0 heterocycles. The minimum atomic E-state index is -3.51. The van der Waals surface area contributed by atoms with Crippen LogP contribution in [-0.2, 0) is 16.6 Å². The van der Waals surface area contributed by atoms with Crippen molar-refractivity contribution in [2.75, 3.05) is 6.54 Å².